The lowest BCUT2D eigenvalue weighted by Gasteiger charge is -2.32. The summed E-state index contributed by atoms with van der Waals surface area (Å²) in [6.07, 6.45) is 8.87. The minimum absolute atomic E-state index is 0.131. The van der Waals surface area contributed by atoms with Crippen LogP contribution in [0.25, 0.3) is 0 Å². The van der Waals surface area contributed by atoms with Crippen molar-refractivity contribution in [3.8, 4) is 0 Å². The Morgan fingerprint density at radius 1 is 1.18 bits per heavy atom. The molecule has 0 heterocycles. The molecule has 2 aliphatic carbocycles. The lowest BCUT2D eigenvalue weighted by molar-refractivity contribution is -0.132. The lowest BCUT2D eigenvalue weighted by Crippen LogP contribution is -2.42. The zero-order valence-electron chi connectivity index (χ0n) is 10.9. The Hall–Kier alpha value is -0.570. The normalized spacial score (nSPS) is 25.3. The minimum atomic E-state index is -0.131. The predicted octanol–water partition coefficient (Wildman–Crippen LogP) is 2.24. The van der Waals surface area contributed by atoms with E-state index in [9.17, 15) is 4.79 Å². The standard InChI is InChI=1S/C14H25NO2/c1-13(5-3-2-4-6-13)12(17)15-11-14(7-8-14)9-10-16/h16H,2-11H2,1H3,(H,15,17). The van der Waals surface area contributed by atoms with Gasteiger partial charge in [-0.05, 0) is 37.5 Å². The molecule has 1 amide bonds. The third-order valence-electron chi connectivity index (χ3n) is 4.73. The van der Waals surface area contributed by atoms with Gasteiger partial charge in [0.15, 0.2) is 0 Å². The monoisotopic (exact) mass is 239 g/mol. The van der Waals surface area contributed by atoms with Crippen LogP contribution in [0.1, 0.15) is 58.3 Å². The fourth-order valence-corrected chi connectivity index (χ4v) is 2.97. The average Bonchev–Trinajstić information content (AvgIpc) is 3.08. The molecule has 0 aromatic rings. The maximum absolute atomic E-state index is 12.2. The molecule has 0 bridgehead atoms. The first-order valence-electron chi connectivity index (χ1n) is 7.00. The summed E-state index contributed by atoms with van der Waals surface area (Å²) in [5, 5.41) is 12.1. The third-order valence-corrected chi connectivity index (χ3v) is 4.73. The fraction of sp³-hybridized carbons (Fsp3) is 0.929. The number of rotatable bonds is 5. The van der Waals surface area contributed by atoms with Crippen LogP contribution in [-0.4, -0.2) is 24.2 Å². The van der Waals surface area contributed by atoms with Crippen LogP contribution >= 0.6 is 0 Å². The maximum atomic E-state index is 12.2. The third kappa shape index (κ3) is 3.01. The van der Waals surface area contributed by atoms with E-state index in [0.29, 0.717) is 0 Å². The van der Waals surface area contributed by atoms with E-state index >= 15 is 0 Å². The molecule has 3 heteroatoms. The predicted molar refractivity (Wildman–Crippen MR) is 67.6 cm³/mol. The van der Waals surface area contributed by atoms with E-state index in [4.69, 9.17) is 5.11 Å². The number of aliphatic hydroxyl groups is 1. The molecule has 2 fully saturated rings. The van der Waals surface area contributed by atoms with Crippen molar-refractivity contribution in [2.24, 2.45) is 10.8 Å². The number of aliphatic hydroxyl groups excluding tert-OH is 1. The smallest absolute Gasteiger partial charge is 0.225 e. The van der Waals surface area contributed by atoms with Gasteiger partial charge in [0.05, 0.1) is 0 Å². The van der Waals surface area contributed by atoms with E-state index in [1.165, 1.54) is 19.3 Å². The average molecular weight is 239 g/mol. The molecule has 2 saturated carbocycles. The summed E-state index contributed by atoms with van der Waals surface area (Å²) in [4.78, 5) is 12.2. The highest BCUT2D eigenvalue weighted by Gasteiger charge is 2.43. The molecule has 0 atom stereocenters. The van der Waals surface area contributed by atoms with Gasteiger partial charge in [-0.3, -0.25) is 4.79 Å². The highest BCUT2D eigenvalue weighted by Crippen LogP contribution is 2.48. The first kappa shape index (κ1) is 12.9. The molecule has 0 saturated heterocycles. The van der Waals surface area contributed by atoms with Crippen molar-refractivity contribution in [1.29, 1.82) is 0 Å². The summed E-state index contributed by atoms with van der Waals surface area (Å²) in [5.74, 6) is 0.237. The van der Waals surface area contributed by atoms with Crippen LogP contribution in [0.2, 0.25) is 0 Å². The molecular weight excluding hydrogens is 214 g/mol. The molecule has 0 aromatic carbocycles. The van der Waals surface area contributed by atoms with Crippen molar-refractivity contribution in [2.45, 2.75) is 58.3 Å². The van der Waals surface area contributed by atoms with Gasteiger partial charge in [-0.2, -0.15) is 0 Å². The van der Waals surface area contributed by atoms with Crippen molar-refractivity contribution in [3.05, 3.63) is 0 Å². The summed E-state index contributed by atoms with van der Waals surface area (Å²) in [5.41, 5.74) is 0.100. The summed E-state index contributed by atoms with van der Waals surface area (Å²) in [7, 11) is 0. The Kier molecular flexibility index (Phi) is 3.76. The number of hydrogen-bond donors (Lipinski definition) is 2. The van der Waals surface area contributed by atoms with Gasteiger partial charge in [0.1, 0.15) is 0 Å². The van der Waals surface area contributed by atoms with Gasteiger partial charge in [-0.25, -0.2) is 0 Å². The first-order valence-corrected chi connectivity index (χ1v) is 7.00. The van der Waals surface area contributed by atoms with Crippen LogP contribution in [0.5, 0.6) is 0 Å². The Labute approximate surface area is 104 Å². The second-order valence-corrected chi connectivity index (χ2v) is 6.28. The quantitative estimate of drug-likeness (QED) is 0.773. The van der Waals surface area contributed by atoms with Crippen molar-refractivity contribution >= 4 is 5.91 Å². The summed E-state index contributed by atoms with van der Waals surface area (Å²) < 4.78 is 0. The second kappa shape index (κ2) is 4.97. The van der Waals surface area contributed by atoms with Crippen LogP contribution in [-0.2, 0) is 4.79 Å². The fourth-order valence-electron chi connectivity index (χ4n) is 2.97. The highest BCUT2D eigenvalue weighted by molar-refractivity contribution is 5.82. The number of carbonyl (C=O) groups excluding carboxylic acids is 1. The topological polar surface area (TPSA) is 49.3 Å². The van der Waals surface area contributed by atoms with E-state index in [1.807, 2.05) is 0 Å². The van der Waals surface area contributed by atoms with Crippen molar-refractivity contribution in [1.82, 2.24) is 5.32 Å². The molecule has 2 rings (SSSR count). The molecule has 17 heavy (non-hydrogen) atoms. The molecule has 0 aromatic heterocycles. The van der Waals surface area contributed by atoms with E-state index in [-0.39, 0.29) is 23.3 Å². The molecule has 0 aliphatic heterocycles. The van der Waals surface area contributed by atoms with E-state index in [0.717, 1.165) is 38.6 Å². The van der Waals surface area contributed by atoms with Crippen LogP contribution < -0.4 is 5.32 Å². The number of nitrogens with one attached hydrogen (secondary N) is 1. The van der Waals surface area contributed by atoms with Gasteiger partial charge in [-0.1, -0.05) is 26.2 Å². The zero-order chi connectivity index (χ0) is 12.4. The largest absolute Gasteiger partial charge is 0.396 e. The van der Waals surface area contributed by atoms with E-state index < -0.39 is 0 Å². The minimum Gasteiger partial charge on any atom is -0.396 e. The molecule has 98 valence electrons. The summed E-state index contributed by atoms with van der Waals surface area (Å²) >= 11 is 0. The number of carbonyl (C=O) groups is 1. The maximum Gasteiger partial charge on any atom is 0.225 e. The Bertz CT molecular complexity index is 278. The van der Waals surface area contributed by atoms with Gasteiger partial charge < -0.3 is 10.4 Å². The van der Waals surface area contributed by atoms with E-state index in [1.54, 1.807) is 0 Å². The molecule has 0 radical (unpaired) electrons. The molecule has 0 spiro atoms. The Morgan fingerprint density at radius 2 is 1.82 bits per heavy atom. The van der Waals surface area contributed by atoms with E-state index in [2.05, 4.69) is 12.2 Å². The molecule has 0 unspecified atom stereocenters. The second-order valence-electron chi connectivity index (χ2n) is 6.28. The van der Waals surface area contributed by atoms with Gasteiger partial charge in [0, 0.05) is 18.6 Å². The highest BCUT2D eigenvalue weighted by atomic mass is 16.3. The van der Waals surface area contributed by atoms with Gasteiger partial charge in [0.2, 0.25) is 5.91 Å². The molecular formula is C14H25NO2. The number of amides is 1. The molecule has 2 N–H and O–H groups in total. The van der Waals surface area contributed by atoms with Crippen molar-refractivity contribution in [3.63, 3.8) is 0 Å². The van der Waals surface area contributed by atoms with Gasteiger partial charge in [-0.15, -0.1) is 0 Å². The van der Waals surface area contributed by atoms with Crippen LogP contribution in [0.15, 0.2) is 0 Å². The molecule has 3 nitrogen and oxygen atoms in total. The van der Waals surface area contributed by atoms with Crippen molar-refractivity contribution < 1.29 is 9.90 Å². The molecule has 2 aliphatic rings. The van der Waals surface area contributed by atoms with Crippen molar-refractivity contribution in [2.75, 3.05) is 13.2 Å². The SMILES string of the molecule is CC1(C(=O)NCC2(CCO)CC2)CCCCC1. The number of hydrogen-bond acceptors (Lipinski definition) is 2. The van der Waals surface area contributed by atoms with Crippen LogP contribution in [0.3, 0.4) is 0 Å². The van der Waals surface area contributed by atoms with Gasteiger partial charge in [0.25, 0.3) is 0 Å². The zero-order valence-corrected chi connectivity index (χ0v) is 10.9. The van der Waals surface area contributed by atoms with Gasteiger partial charge >= 0.3 is 0 Å². The van der Waals surface area contributed by atoms with Crippen LogP contribution in [0, 0.1) is 10.8 Å². The van der Waals surface area contributed by atoms with Crippen LogP contribution in [0.4, 0.5) is 0 Å². The lowest BCUT2D eigenvalue weighted by atomic mass is 9.75. The summed E-state index contributed by atoms with van der Waals surface area (Å²) in [6, 6.07) is 0. The summed E-state index contributed by atoms with van der Waals surface area (Å²) in [6.45, 7) is 3.11. The Morgan fingerprint density at radius 3 is 2.35 bits per heavy atom. The Balaban J connectivity index is 1.80. The first-order chi connectivity index (χ1) is 8.10.